The number of rotatable bonds is 2. The number of hydrogen-bond donors (Lipinski definition) is 1. The molecule has 0 saturated heterocycles. The summed E-state index contributed by atoms with van der Waals surface area (Å²) in [6, 6.07) is 14.0. The molecule has 1 aliphatic carbocycles. The zero-order chi connectivity index (χ0) is 16.8. The number of allylic oxidation sites excluding steroid dienone is 2. The lowest BCUT2D eigenvalue weighted by atomic mass is 9.82. The molecule has 4 rings (SSSR count). The highest BCUT2D eigenvalue weighted by molar-refractivity contribution is 6.41. The number of aliphatic imine (C=N–C) groups is 1. The zero-order valence-electron chi connectivity index (χ0n) is 14.2. The van der Waals surface area contributed by atoms with Crippen LogP contribution in [0.3, 0.4) is 0 Å². The molecule has 0 amide bonds. The van der Waals surface area contributed by atoms with E-state index in [1.807, 2.05) is 43.3 Å². The van der Waals surface area contributed by atoms with E-state index >= 15 is 0 Å². The minimum Gasteiger partial charge on any atom is -0.362 e. The van der Waals surface area contributed by atoms with Crippen molar-refractivity contribution >= 4 is 17.1 Å². The lowest BCUT2D eigenvalue weighted by molar-refractivity contribution is 0.105. The molecule has 0 radical (unpaired) electrons. The van der Waals surface area contributed by atoms with Gasteiger partial charge in [-0.25, -0.2) is 0 Å². The van der Waals surface area contributed by atoms with Crippen molar-refractivity contribution in [1.82, 2.24) is 5.32 Å². The summed E-state index contributed by atoms with van der Waals surface area (Å²) in [5.41, 5.74) is 7.68. The van der Waals surface area contributed by atoms with E-state index in [-0.39, 0.29) is 11.9 Å². The summed E-state index contributed by atoms with van der Waals surface area (Å²) in [7, 11) is 0. The topological polar surface area (TPSA) is 41.5 Å². The van der Waals surface area contributed by atoms with Gasteiger partial charge in [-0.1, -0.05) is 49.4 Å². The first-order valence-corrected chi connectivity index (χ1v) is 8.43. The van der Waals surface area contributed by atoms with Crippen LogP contribution >= 0.6 is 0 Å². The van der Waals surface area contributed by atoms with Gasteiger partial charge < -0.3 is 5.32 Å². The van der Waals surface area contributed by atoms with Gasteiger partial charge >= 0.3 is 0 Å². The summed E-state index contributed by atoms with van der Waals surface area (Å²) in [6.45, 7) is 6.26. The normalized spacial score (nSPS) is 18.9. The van der Waals surface area contributed by atoms with Crippen molar-refractivity contribution in [2.45, 2.75) is 33.4 Å². The molecule has 2 aromatic carbocycles. The first-order chi connectivity index (χ1) is 11.6. The number of carbonyl (C=O) groups is 1. The Balaban J connectivity index is 2.01. The predicted molar refractivity (Wildman–Crippen MR) is 97.4 cm³/mol. The van der Waals surface area contributed by atoms with Gasteiger partial charge in [0.2, 0.25) is 0 Å². The maximum absolute atomic E-state index is 13.3. The fourth-order valence-corrected chi connectivity index (χ4v) is 3.69. The number of hydrogen-bond acceptors (Lipinski definition) is 3. The van der Waals surface area contributed by atoms with E-state index in [0.29, 0.717) is 0 Å². The number of nitrogens with zero attached hydrogens (tertiary/aromatic N) is 1. The average molecular weight is 316 g/mol. The highest BCUT2D eigenvalue weighted by atomic mass is 16.1. The largest absolute Gasteiger partial charge is 0.362 e. The molecule has 2 aromatic rings. The van der Waals surface area contributed by atoms with Crippen LogP contribution in [0.25, 0.3) is 5.57 Å². The fraction of sp³-hybridized carbons (Fsp3) is 0.238. The maximum atomic E-state index is 13.3. The first-order valence-electron chi connectivity index (χ1n) is 8.43. The Morgan fingerprint density at radius 2 is 1.75 bits per heavy atom. The van der Waals surface area contributed by atoms with E-state index in [1.165, 1.54) is 11.1 Å². The lowest BCUT2D eigenvalue weighted by Crippen LogP contribution is -2.27. The van der Waals surface area contributed by atoms with Crippen LogP contribution in [-0.2, 0) is 6.42 Å². The van der Waals surface area contributed by atoms with E-state index in [0.717, 1.165) is 40.1 Å². The monoisotopic (exact) mass is 316 g/mol. The van der Waals surface area contributed by atoms with E-state index in [4.69, 9.17) is 4.99 Å². The predicted octanol–water partition coefficient (Wildman–Crippen LogP) is 3.90. The van der Waals surface area contributed by atoms with Crippen LogP contribution in [-0.4, -0.2) is 17.7 Å². The van der Waals surface area contributed by atoms with Gasteiger partial charge in [-0.05, 0) is 37.0 Å². The molecular formula is C21H20N2O. The van der Waals surface area contributed by atoms with Crippen molar-refractivity contribution in [2.24, 2.45) is 4.99 Å². The molecule has 120 valence electrons. The number of carbonyl (C=O) groups excluding carboxylic acids is 1. The Hall–Kier alpha value is -2.68. The van der Waals surface area contributed by atoms with Crippen LogP contribution in [0.1, 0.15) is 46.5 Å². The Bertz CT molecular complexity index is 921. The van der Waals surface area contributed by atoms with E-state index in [9.17, 15) is 4.79 Å². The summed E-state index contributed by atoms with van der Waals surface area (Å²) in [4.78, 5) is 18.0. The Morgan fingerprint density at radius 1 is 1.04 bits per heavy atom. The van der Waals surface area contributed by atoms with E-state index in [2.05, 4.69) is 25.2 Å². The van der Waals surface area contributed by atoms with Gasteiger partial charge in [0.25, 0.3) is 0 Å². The third-order valence-electron chi connectivity index (χ3n) is 4.91. The molecule has 24 heavy (non-hydrogen) atoms. The van der Waals surface area contributed by atoms with Crippen LogP contribution < -0.4 is 5.32 Å². The second kappa shape index (κ2) is 5.45. The number of benzene rings is 2. The Labute approximate surface area is 142 Å². The molecule has 2 aliphatic rings. The standard InChI is InChI=1S/C21H20N2O/c1-4-14-8-7-11-15(12(14)2)18-20-19(22-13(3)23-20)16-9-5-6-10-17(16)21(18)24/h5-11,13,23H,4H2,1-3H3. The smallest absolute Gasteiger partial charge is 0.196 e. The Morgan fingerprint density at radius 3 is 2.50 bits per heavy atom. The van der Waals surface area contributed by atoms with Crippen LogP contribution in [0.15, 0.2) is 53.2 Å². The summed E-state index contributed by atoms with van der Waals surface area (Å²) < 4.78 is 0. The molecule has 1 aliphatic heterocycles. The van der Waals surface area contributed by atoms with Crippen LogP contribution in [0, 0.1) is 6.92 Å². The van der Waals surface area contributed by atoms with Gasteiger partial charge in [-0.15, -0.1) is 0 Å². The van der Waals surface area contributed by atoms with Crippen molar-refractivity contribution in [1.29, 1.82) is 0 Å². The van der Waals surface area contributed by atoms with Gasteiger partial charge in [-0.3, -0.25) is 9.79 Å². The van der Waals surface area contributed by atoms with Gasteiger partial charge in [0.05, 0.1) is 17.0 Å². The third-order valence-corrected chi connectivity index (χ3v) is 4.91. The molecule has 1 atom stereocenters. The lowest BCUT2D eigenvalue weighted by Gasteiger charge is -2.22. The molecule has 0 bridgehead atoms. The van der Waals surface area contributed by atoms with Gasteiger partial charge in [0, 0.05) is 11.1 Å². The molecule has 0 fully saturated rings. The summed E-state index contributed by atoms with van der Waals surface area (Å²) in [6.07, 6.45) is 0.941. The Kier molecular flexibility index (Phi) is 3.38. The van der Waals surface area contributed by atoms with Crippen molar-refractivity contribution in [3.63, 3.8) is 0 Å². The van der Waals surface area contributed by atoms with Crippen molar-refractivity contribution in [2.75, 3.05) is 0 Å². The molecule has 1 N–H and O–H groups in total. The molecule has 0 saturated carbocycles. The highest BCUT2D eigenvalue weighted by Gasteiger charge is 2.35. The van der Waals surface area contributed by atoms with Crippen LogP contribution in [0.4, 0.5) is 0 Å². The second-order valence-corrected chi connectivity index (χ2v) is 6.37. The second-order valence-electron chi connectivity index (χ2n) is 6.37. The number of fused-ring (bicyclic) bond motifs is 3. The van der Waals surface area contributed by atoms with Gasteiger partial charge in [0.15, 0.2) is 5.78 Å². The van der Waals surface area contributed by atoms with Gasteiger partial charge in [-0.2, -0.15) is 0 Å². The SMILES string of the molecule is CCc1cccc(C2=C3NC(C)N=C3c3ccccc3C2=O)c1C. The number of ketones is 1. The van der Waals surface area contributed by atoms with Crippen molar-refractivity contribution in [3.05, 3.63) is 76.0 Å². The highest BCUT2D eigenvalue weighted by Crippen LogP contribution is 2.36. The van der Waals surface area contributed by atoms with Crippen molar-refractivity contribution < 1.29 is 4.79 Å². The molecule has 3 nitrogen and oxygen atoms in total. The number of aryl methyl sites for hydroxylation is 1. The molecule has 3 heteroatoms. The van der Waals surface area contributed by atoms with Crippen molar-refractivity contribution in [3.8, 4) is 0 Å². The molecule has 0 spiro atoms. The summed E-state index contributed by atoms with van der Waals surface area (Å²) in [5.74, 6) is 0.0810. The van der Waals surface area contributed by atoms with Gasteiger partial charge in [0.1, 0.15) is 6.17 Å². The minimum absolute atomic E-state index is 0.0152. The van der Waals surface area contributed by atoms with Crippen LogP contribution in [0.2, 0.25) is 0 Å². The molecule has 0 aromatic heterocycles. The maximum Gasteiger partial charge on any atom is 0.196 e. The summed E-state index contributed by atoms with van der Waals surface area (Å²) in [5, 5.41) is 3.40. The summed E-state index contributed by atoms with van der Waals surface area (Å²) >= 11 is 0. The van der Waals surface area contributed by atoms with Crippen LogP contribution in [0.5, 0.6) is 0 Å². The fourth-order valence-electron chi connectivity index (χ4n) is 3.69. The van der Waals surface area contributed by atoms with E-state index in [1.54, 1.807) is 0 Å². The molecule has 1 heterocycles. The molecule has 1 unspecified atom stereocenters. The average Bonchev–Trinajstić information content (AvgIpc) is 2.98. The zero-order valence-corrected chi connectivity index (χ0v) is 14.2. The minimum atomic E-state index is -0.0152. The quantitative estimate of drug-likeness (QED) is 0.913. The van der Waals surface area contributed by atoms with E-state index < -0.39 is 0 Å². The number of nitrogens with one attached hydrogen (secondary N) is 1. The molecular weight excluding hydrogens is 296 g/mol. The number of Topliss-reactive ketones (excluding diaryl/α,β-unsaturated/α-hetero) is 1. The first kappa shape index (κ1) is 14.9. The third kappa shape index (κ3) is 2.04.